The average Bonchev–Trinajstić information content (AvgIpc) is 2.92. The van der Waals surface area contributed by atoms with Gasteiger partial charge in [0.05, 0.1) is 18.5 Å². The number of fused-ring (bicyclic) bond motifs is 1. The van der Waals surface area contributed by atoms with Crippen LogP contribution in [0.1, 0.15) is 47.1 Å². The Morgan fingerprint density at radius 1 is 1.36 bits per heavy atom. The first-order valence-electron chi connectivity index (χ1n) is 8.94. The molecule has 28 heavy (non-hydrogen) atoms. The van der Waals surface area contributed by atoms with Gasteiger partial charge in [-0.2, -0.15) is 0 Å². The van der Waals surface area contributed by atoms with E-state index < -0.39 is 5.60 Å². The van der Waals surface area contributed by atoms with E-state index in [2.05, 4.69) is 43.9 Å². The van der Waals surface area contributed by atoms with Gasteiger partial charge in [-0.3, -0.25) is 0 Å². The van der Waals surface area contributed by atoms with Crippen LogP contribution >= 0.6 is 43.2 Å². The van der Waals surface area contributed by atoms with Gasteiger partial charge in [-0.25, -0.2) is 9.79 Å². The van der Waals surface area contributed by atoms with Crippen molar-refractivity contribution in [3.8, 4) is 5.75 Å². The second-order valence-corrected chi connectivity index (χ2v) is 10.7. The van der Waals surface area contributed by atoms with E-state index in [1.165, 1.54) is 22.5 Å². The summed E-state index contributed by atoms with van der Waals surface area (Å²) < 4.78 is 6.89. The van der Waals surface area contributed by atoms with Crippen LogP contribution in [0.3, 0.4) is 0 Å². The standard InChI is InChI=1S/C20H22Br2N2O3S/c1-20(2,3)27-19(26)16-13-5-6-24(4)10-15(13)28-18(16)23-9-11-7-12(21)8-14(22)17(11)25/h7-9,25H,5-6,10H2,1-4H3/b23-9+. The summed E-state index contributed by atoms with van der Waals surface area (Å²) in [5.41, 5.74) is 1.45. The molecule has 0 saturated heterocycles. The molecule has 1 N–H and O–H groups in total. The van der Waals surface area contributed by atoms with Gasteiger partial charge in [0.15, 0.2) is 0 Å². The van der Waals surface area contributed by atoms with Crippen LogP contribution in [-0.2, 0) is 17.7 Å². The van der Waals surface area contributed by atoms with Crippen molar-refractivity contribution >= 4 is 60.4 Å². The number of thiophene rings is 1. The number of hydrogen-bond acceptors (Lipinski definition) is 5. The number of carbonyl (C=O) groups excluding carboxylic acids is 1. The molecule has 0 spiro atoms. The second kappa shape index (κ2) is 8.26. The molecule has 1 unspecified atom stereocenters. The Labute approximate surface area is 185 Å². The lowest BCUT2D eigenvalue weighted by Gasteiger charge is -2.22. The minimum absolute atomic E-state index is 0.142. The third kappa shape index (κ3) is 4.84. The van der Waals surface area contributed by atoms with E-state index in [4.69, 9.17) is 4.74 Å². The van der Waals surface area contributed by atoms with Crippen LogP contribution in [0.2, 0.25) is 0 Å². The van der Waals surface area contributed by atoms with Gasteiger partial charge in [0.1, 0.15) is 22.7 Å². The first-order chi connectivity index (χ1) is 13.0. The van der Waals surface area contributed by atoms with Gasteiger partial charge in [-0.1, -0.05) is 37.6 Å². The van der Waals surface area contributed by atoms with Crippen LogP contribution in [0.25, 0.3) is 0 Å². The maximum atomic E-state index is 12.9. The van der Waals surface area contributed by atoms with E-state index in [0.29, 0.717) is 20.6 Å². The van der Waals surface area contributed by atoms with Gasteiger partial charge in [-0.05, 0) is 44.0 Å². The molecule has 5 nitrogen and oxygen atoms in total. The number of ether oxygens (including phenoxy) is 1. The molecule has 0 radical (unpaired) electrons. The minimum atomic E-state index is -0.582. The van der Waals surface area contributed by atoms with Crippen LogP contribution in [0.4, 0.5) is 5.00 Å². The number of nitrogens with one attached hydrogen (secondary N) is 1. The van der Waals surface area contributed by atoms with E-state index in [-0.39, 0.29) is 11.7 Å². The van der Waals surface area contributed by atoms with Gasteiger partial charge >= 0.3 is 5.97 Å². The molecule has 0 aliphatic carbocycles. The van der Waals surface area contributed by atoms with Crippen LogP contribution in [0.15, 0.2) is 26.1 Å². The Morgan fingerprint density at radius 2 is 2.07 bits per heavy atom. The largest absolute Gasteiger partial charge is 0.871 e. The van der Waals surface area contributed by atoms with Crippen LogP contribution in [-0.4, -0.2) is 31.4 Å². The molecule has 0 fully saturated rings. The highest BCUT2D eigenvalue weighted by Crippen LogP contribution is 2.38. The van der Waals surface area contributed by atoms with Gasteiger partial charge in [-0.15, -0.1) is 11.3 Å². The number of halogens is 2. The number of aliphatic imine (C=N–C) groups is 1. The fraction of sp³-hybridized carbons (Fsp3) is 0.400. The lowest BCUT2D eigenvalue weighted by Crippen LogP contribution is -3.08. The maximum Gasteiger partial charge on any atom is 0.342 e. The topological polar surface area (TPSA) is 66.2 Å². The number of hydrogen-bond donors (Lipinski definition) is 1. The van der Waals surface area contributed by atoms with Crippen LogP contribution in [0, 0.1) is 0 Å². The van der Waals surface area contributed by atoms with Crippen molar-refractivity contribution in [3.63, 3.8) is 0 Å². The number of quaternary nitrogens is 1. The van der Waals surface area contributed by atoms with Gasteiger partial charge in [0.2, 0.25) is 0 Å². The summed E-state index contributed by atoms with van der Waals surface area (Å²) in [4.78, 5) is 20.0. The fourth-order valence-corrected chi connectivity index (χ4v) is 5.59. The summed E-state index contributed by atoms with van der Waals surface area (Å²) >= 11 is 8.17. The molecule has 150 valence electrons. The molecule has 1 aromatic carbocycles. The highest BCUT2D eigenvalue weighted by Gasteiger charge is 2.31. The van der Waals surface area contributed by atoms with Crippen molar-refractivity contribution < 1.29 is 19.5 Å². The number of nitrogens with zero attached hydrogens (tertiary/aromatic N) is 1. The summed E-state index contributed by atoms with van der Waals surface area (Å²) in [6.45, 7) is 7.39. The number of likely N-dealkylation sites (N-methyl/N-ethyl adjacent to an activating group) is 1. The maximum absolute atomic E-state index is 12.9. The predicted molar refractivity (Wildman–Crippen MR) is 117 cm³/mol. The first kappa shape index (κ1) is 21.5. The molecule has 1 atom stereocenters. The van der Waals surface area contributed by atoms with Crippen LogP contribution in [0.5, 0.6) is 5.75 Å². The molecule has 1 aliphatic rings. The molecule has 2 aromatic rings. The molecule has 3 rings (SSSR count). The van der Waals surface area contributed by atoms with Crippen LogP contribution < -0.4 is 10.0 Å². The number of esters is 1. The Hall–Kier alpha value is -1.22. The van der Waals surface area contributed by atoms with E-state index in [1.807, 2.05) is 20.8 Å². The summed E-state index contributed by atoms with van der Waals surface area (Å²) in [5.74, 6) is -0.495. The quantitative estimate of drug-likeness (QED) is 0.487. The molecule has 0 amide bonds. The summed E-state index contributed by atoms with van der Waals surface area (Å²) in [7, 11) is 2.14. The van der Waals surface area contributed by atoms with Gasteiger partial charge in [0, 0.05) is 21.6 Å². The van der Waals surface area contributed by atoms with E-state index in [0.717, 1.165) is 34.4 Å². The van der Waals surface area contributed by atoms with Crippen molar-refractivity contribution in [3.05, 3.63) is 42.6 Å². The summed E-state index contributed by atoms with van der Waals surface area (Å²) in [5, 5.41) is 12.9. The zero-order valence-corrected chi connectivity index (χ0v) is 20.2. The minimum Gasteiger partial charge on any atom is -0.871 e. The molecular formula is C20H22Br2N2O3S. The Morgan fingerprint density at radius 3 is 2.75 bits per heavy atom. The molecule has 8 heteroatoms. The molecule has 1 aromatic heterocycles. The highest BCUT2D eigenvalue weighted by atomic mass is 79.9. The molecule has 2 heterocycles. The second-order valence-electron chi connectivity index (χ2n) is 7.88. The number of carbonyl (C=O) groups is 1. The van der Waals surface area contributed by atoms with E-state index in [1.54, 1.807) is 12.1 Å². The fourth-order valence-electron chi connectivity index (χ4n) is 3.04. The third-order valence-electron chi connectivity index (χ3n) is 4.30. The number of benzene rings is 1. The average molecular weight is 530 g/mol. The third-order valence-corrected chi connectivity index (χ3v) is 6.48. The smallest absolute Gasteiger partial charge is 0.342 e. The van der Waals surface area contributed by atoms with Crippen molar-refractivity contribution in [2.24, 2.45) is 4.99 Å². The number of rotatable bonds is 3. The monoisotopic (exact) mass is 528 g/mol. The SMILES string of the molecule is C[NH+]1CCc2c(sc(/N=C/c3cc(Br)cc(Br)c3[O-])c2C(=O)OC(C)(C)C)C1. The highest BCUT2D eigenvalue weighted by molar-refractivity contribution is 9.11. The molecular weight excluding hydrogens is 508 g/mol. The van der Waals surface area contributed by atoms with Crippen molar-refractivity contribution in [2.45, 2.75) is 39.3 Å². The van der Waals surface area contributed by atoms with E-state index in [9.17, 15) is 9.90 Å². The molecule has 0 bridgehead atoms. The van der Waals surface area contributed by atoms with E-state index >= 15 is 0 Å². The normalized spacial score (nSPS) is 17.0. The Kier molecular flexibility index (Phi) is 6.34. The van der Waals surface area contributed by atoms with Crippen molar-refractivity contribution in [1.82, 2.24) is 0 Å². The van der Waals surface area contributed by atoms with Gasteiger partial charge < -0.3 is 14.7 Å². The zero-order chi connectivity index (χ0) is 20.6. The predicted octanol–water partition coefficient (Wildman–Crippen LogP) is 3.62. The zero-order valence-electron chi connectivity index (χ0n) is 16.2. The Bertz CT molecular complexity index is 948. The lowest BCUT2D eigenvalue weighted by molar-refractivity contribution is -0.895. The first-order valence-corrected chi connectivity index (χ1v) is 11.3. The molecule has 0 saturated carbocycles. The molecule has 1 aliphatic heterocycles. The van der Waals surface area contributed by atoms with Crippen molar-refractivity contribution in [1.29, 1.82) is 0 Å². The lowest BCUT2D eigenvalue weighted by atomic mass is 10.0. The summed E-state index contributed by atoms with van der Waals surface area (Å²) in [6, 6.07) is 3.42. The van der Waals surface area contributed by atoms with Crippen molar-refractivity contribution in [2.75, 3.05) is 13.6 Å². The Balaban J connectivity index is 2.04. The summed E-state index contributed by atoms with van der Waals surface area (Å²) in [6.07, 6.45) is 2.34. The van der Waals surface area contributed by atoms with Gasteiger partial charge in [0.25, 0.3) is 0 Å².